The molecule has 17 heavy (non-hydrogen) atoms. The molecular formula is C14H18N2S. The van der Waals surface area contributed by atoms with E-state index < -0.39 is 0 Å². The van der Waals surface area contributed by atoms with Crippen LogP contribution in [0.25, 0.3) is 0 Å². The summed E-state index contributed by atoms with van der Waals surface area (Å²) >= 11 is 1.99. The van der Waals surface area contributed by atoms with E-state index in [0.29, 0.717) is 11.7 Å². The van der Waals surface area contributed by atoms with Crippen LogP contribution in [0.3, 0.4) is 0 Å². The van der Waals surface area contributed by atoms with Crippen molar-refractivity contribution in [3.8, 4) is 6.07 Å². The standard InChI is InChI=1S/C14H18N2S/c1-2-16(9-5-8-15)11-13-10-12-6-3-4-7-14(12)17-13/h3-4,6-7,13H,2,5,9-11H2,1H3. The molecule has 0 aliphatic carbocycles. The molecule has 90 valence electrons. The molecule has 1 aliphatic rings. The second-order valence-electron chi connectivity index (χ2n) is 4.35. The van der Waals surface area contributed by atoms with Crippen LogP contribution < -0.4 is 0 Å². The Hall–Kier alpha value is -0.980. The van der Waals surface area contributed by atoms with Crippen molar-refractivity contribution in [2.24, 2.45) is 0 Å². The number of hydrogen-bond acceptors (Lipinski definition) is 3. The van der Waals surface area contributed by atoms with Crippen molar-refractivity contribution in [2.75, 3.05) is 19.6 Å². The first-order valence-corrected chi connectivity index (χ1v) is 7.05. The maximum Gasteiger partial charge on any atom is 0.0635 e. The van der Waals surface area contributed by atoms with Gasteiger partial charge in [0.25, 0.3) is 0 Å². The summed E-state index contributed by atoms with van der Waals surface area (Å²) in [6.45, 7) is 5.21. The molecule has 1 heterocycles. The van der Waals surface area contributed by atoms with Gasteiger partial charge in [0.15, 0.2) is 0 Å². The maximum absolute atomic E-state index is 8.63. The molecule has 0 spiro atoms. The lowest BCUT2D eigenvalue weighted by Gasteiger charge is -2.22. The number of thioether (sulfide) groups is 1. The minimum atomic E-state index is 0.637. The van der Waals surface area contributed by atoms with Crippen molar-refractivity contribution in [1.82, 2.24) is 4.90 Å². The van der Waals surface area contributed by atoms with E-state index in [4.69, 9.17) is 5.26 Å². The third-order valence-corrected chi connectivity index (χ3v) is 4.46. The Kier molecular flexibility index (Phi) is 4.47. The van der Waals surface area contributed by atoms with E-state index >= 15 is 0 Å². The first-order valence-electron chi connectivity index (χ1n) is 6.17. The highest BCUT2D eigenvalue weighted by Crippen LogP contribution is 2.36. The number of nitrogens with zero attached hydrogens (tertiary/aromatic N) is 2. The minimum Gasteiger partial charge on any atom is -0.301 e. The van der Waals surface area contributed by atoms with Gasteiger partial charge in [0.05, 0.1) is 6.07 Å². The Morgan fingerprint density at radius 2 is 2.29 bits per heavy atom. The lowest BCUT2D eigenvalue weighted by Crippen LogP contribution is -2.31. The largest absolute Gasteiger partial charge is 0.301 e. The SMILES string of the molecule is CCN(CCC#N)CC1Cc2ccccc2S1. The van der Waals surface area contributed by atoms with Crippen molar-refractivity contribution in [2.45, 2.75) is 29.9 Å². The molecule has 0 saturated heterocycles. The van der Waals surface area contributed by atoms with Crippen LogP contribution in [-0.2, 0) is 6.42 Å². The Balaban J connectivity index is 1.88. The molecule has 0 aromatic heterocycles. The number of rotatable bonds is 5. The van der Waals surface area contributed by atoms with E-state index in [1.54, 1.807) is 0 Å². The van der Waals surface area contributed by atoms with E-state index in [0.717, 1.165) is 19.6 Å². The van der Waals surface area contributed by atoms with Crippen LogP contribution >= 0.6 is 11.8 Å². The van der Waals surface area contributed by atoms with Gasteiger partial charge in [-0.25, -0.2) is 0 Å². The van der Waals surface area contributed by atoms with Crippen molar-refractivity contribution in [1.29, 1.82) is 5.26 Å². The van der Waals surface area contributed by atoms with Gasteiger partial charge in [-0.05, 0) is 24.6 Å². The predicted octanol–water partition coefficient (Wildman–Crippen LogP) is 2.94. The van der Waals surface area contributed by atoms with Crippen LogP contribution in [0.1, 0.15) is 18.9 Å². The summed E-state index contributed by atoms with van der Waals surface area (Å²) in [4.78, 5) is 3.82. The number of nitriles is 1. The maximum atomic E-state index is 8.63. The highest BCUT2D eigenvalue weighted by molar-refractivity contribution is 8.00. The van der Waals surface area contributed by atoms with E-state index in [1.165, 1.54) is 16.9 Å². The van der Waals surface area contributed by atoms with Crippen LogP contribution in [0.15, 0.2) is 29.2 Å². The average molecular weight is 246 g/mol. The second-order valence-corrected chi connectivity index (χ2v) is 5.70. The van der Waals surface area contributed by atoms with E-state index in [9.17, 15) is 0 Å². The summed E-state index contributed by atoms with van der Waals surface area (Å²) in [6, 6.07) is 10.9. The zero-order chi connectivity index (χ0) is 12.1. The fourth-order valence-corrected chi connectivity index (χ4v) is 3.60. The molecule has 0 fully saturated rings. The average Bonchev–Trinajstić information content (AvgIpc) is 2.76. The van der Waals surface area contributed by atoms with Gasteiger partial charge >= 0.3 is 0 Å². The minimum absolute atomic E-state index is 0.637. The van der Waals surface area contributed by atoms with Gasteiger partial charge in [0.2, 0.25) is 0 Å². The van der Waals surface area contributed by atoms with E-state index in [1.807, 2.05) is 11.8 Å². The highest BCUT2D eigenvalue weighted by Gasteiger charge is 2.23. The van der Waals surface area contributed by atoms with Gasteiger partial charge in [-0.3, -0.25) is 0 Å². The fourth-order valence-electron chi connectivity index (χ4n) is 2.23. The third-order valence-electron chi connectivity index (χ3n) is 3.16. The van der Waals surface area contributed by atoms with Crippen LogP contribution in [0.5, 0.6) is 0 Å². The Labute approximate surface area is 108 Å². The topological polar surface area (TPSA) is 27.0 Å². The molecule has 0 saturated carbocycles. The van der Waals surface area contributed by atoms with Crippen molar-refractivity contribution >= 4 is 11.8 Å². The van der Waals surface area contributed by atoms with Gasteiger partial charge in [0.1, 0.15) is 0 Å². The highest BCUT2D eigenvalue weighted by atomic mass is 32.2. The Bertz CT molecular complexity index is 386. The van der Waals surface area contributed by atoms with Crippen molar-refractivity contribution in [3.63, 3.8) is 0 Å². The summed E-state index contributed by atoms with van der Waals surface area (Å²) in [5.74, 6) is 0. The van der Waals surface area contributed by atoms with Crippen LogP contribution in [0.2, 0.25) is 0 Å². The summed E-state index contributed by atoms with van der Waals surface area (Å²) < 4.78 is 0. The molecule has 0 N–H and O–H groups in total. The zero-order valence-electron chi connectivity index (χ0n) is 10.2. The Morgan fingerprint density at radius 3 is 3.00 bits per heavy atom. The monoisotopic (exact) mass is 246 g/mol. The summed E-state index contributed by atoms with van der Waals surface area (Å²) in [5.41, 5.74) is 1.49. The van der Waals surface area contributed by atoms with Crippen LogP contribution in [0.4, 0.5) is 0 Å². The molecule has 2 rings (SSSR count). The zero-order valence-corrected chi connectivity index (χ0v) is 11.0. The van der Waals surface area contributed by atoms with Gasteiger partial charge < -0.3 is 4.90 Å². The van der Waals surface area contributed by atoms with Gasteiger partial charge in [0, 0.05) is 29.7 Å². The summed E-state index contributed by atoms with van der Waals surface area (Å²) in [5, 5.41) is 9.29. The van der Waals surface area contributed by atoms with Gasteiger partial charge in [-0.2, -0.15) is 5.26 Å². The lowest BCUT2D eigenvalue weighted by atomic mass is 10.1. The molecule has 1 aromatic rings. The molecular weight excluding hydrogens is 228 g/mol. The quantitative estimate of drug-likeness (QED) is 0.799. The molecule has 2 nitrogen and oxygen atoms in total. The van der Waals surface area contributed by atoms with Gasteiger partial charge in [-0.1, -0.05) is 25.1 Å². The van der Waals surface area contributed by atoms with Crippen LogP contribution in [-0.4, -0.2) is 29.8 Å². The molecule has 3 heteroatoms. The molecule has 0 bridgehead atoms. The lowest BCUT2D eigenvalue weighted by molar-refractivity contribution is 0.296. The number of fused-ring (bicyclic) bond motifs is 1. The molecule has 1 unspecified atom stereocenters. The van der Waals surface area contributed by atoms with E-state index in [-0.39, 0.29) is 0 Å². The second kappa shape index (κ2) is 6.09. The fraction of sp³-hybridized carbons (Fsp3) is 0.500. The normalized spacial score (nSPS) is 18.1. The van der Waals surface area contributed by atoms with Crippen LogP contribution in [0, 0.1) is 11.3 Å². The molecule has 1 atom stereocenters. The van der Waals surface area contributed by atoms with E-state index in [2.05, 4.69) is 42.2 Å². The number of benzene rings is 1. The first kappa shape index (κ1) is 12.5. The summed E-state index contributed by atoms with van der Waals surface area (Å²) in [6.07, 6.45) is 1.81. The molecule has 1 aromatic carbocycles. The first-order chi connectivity index (χ1) is 8.33. The smallest absolute Gasteiger partial charge is 0.0635 e. The molecule has 0 amide bonds. The third kappa shape index (κ3) is 3.24. The predicted molar refractivity (Wildman–Crippen MR) is 72.1 cm³/mol. The van der Waals surface area contributed by atoms with Crippen molar-refractivity contribution in [3.05, 3.63) is 29.8 Å². The Morgan fingerprint density at radius 1 is 1.47 bits per heavy atom. The summed E-state index contributed by atoms with van der Waals surface area (Å²) in [7, 11) is 0. The molecule has 1 aliphatic heterocycles. The number of hydrogen-bond donors (Lipinski definition) is 0. The molecule has 0 radical (unpaired) electrons. The van der Waals surface area contributed by atoms with Crippen molar-refractivity contribution < 1.29 is 0 Å². The van der Waals surface area contributed by atoms with Gasteiger partial charge in [-0.15, -0.1) is 11.8 Å².